The zero-order chi connectivity index (χ0) is 15.7. The lowest BCUT2D eigenvalue weighted by Gasteiger charge is -2.13. The fourth-order valence-electron chi connectivity index (χ4n) is 2.27. The largest absolute Gasteiger partial charge is 0.402 e. The van der Waals surface area contributed by atoms with Gasteiger partial charge in [-0.25, -0.2) is 0 Å². The van der Waals surface area contributed by atoms with Gasteiger partial charge in [0.2, 0.25) is 0 Å². The quantitative estimate of drug-likeness (QED) is 0.513. The van der Waals surface area contributed by atoms with E-state index in [0.717, 1.165) is 29.7 Å². The van der Waals surface area contributed by atoms with Crippen LogP contribution in [-0.4, -0.2) is 0 Å². The van der Waals surface area contributed by atoms with Crippen molar-refractivity contribution in [2.75, 3.05) is 0 Å². The van der Waals surface area contributed by atoms with E-state index >= 15 is 0 Å². The Hall–Kier alpha value is -2.02. The van der Waals surface area contributed by atoms with Gasteiger partial charge in [0.25, 0.3) is 0 Å². The van der Waals surface area contributed by atoms with Gasteiger partial charge in [-0.2, -0.15) is 0 Å². The molecule has 1 heteroatoms. The second-order valence-electron chi connectivity index (χ2n) is 5.25. The van der Waals surface area contributed by atoms with Crippen LogP contribution < -0.4 is 5.73 Å². The van der Waals surface area contributed by atoms with E-state index in [1.54, 1.807) is 0 Å². The summed E-state index contributed by atoms with van der Waals surface area (Å²) >= 11 is 0. The Labute approximate surface area is 129 Å². The van der Waals surface area contributed by atoms with Crippen LogP contribution in [0.4, 0.5) is 0 Å². The van der Waals surface area contributed by atoms with Crippen LogP contribution >= 0.6 is 0 Å². The summed E-state index contributed by atoms with van der Waals surface area (Å²) in [6, 6.07) is 0. The summed E-state index contributed by atoms with van der Waals surface area (Å²) < 4.78 is 0. The minimum atomic E-state index is 0.304. The van der Waals surface area contributed by atoms with Crippen molar-refractivity contribution in [1.82, 2.24) is 0 Å². The van der Waals surface area contributed by atoms with Gasteiger partial charge in [0, 0.05) is 11.6 Å². The van der Waals surface area contributed by atoms with Crippen LogP contribution in [0.1, 0.15) is 33.6 Å². The molecule has 0 bridgehead atoms. The summed E-state index contributed by atoms with van der Waals surface area (Å²) in [5.41, 5.74) is 10.4. The highest BCUT2D eigenvalue weighted by atomic mass is 14.6. The monoisotopic (exact) mass is 281 g/mol. The number of hydrogen-bond acceptors (Lipinski definition) is 1. The Morgan fingerprint density at radius 1 is 1.43 bits per heavy atom. The third-order valence-electron chi connectivity index (χ3n) is 3.47. The normalized spacial score (nSPS) is 18.2. The van der Waals surface area contributed by atoms with Crippen molar-refractivity contribution in [3.63, 3.8) is 0 Å². The molecule has 0 saturated heterocycles. The first-order valence-electron chi connectivity index (χ1n) is 7.60. The van der Waals surface area contributed by atoms with Gasteiger partial charge in [-0.15, -0.1) is 0 Å². The summed E-state index contributed by atoms with van der Waals surface area (Å²) in [7, 11) is 0. The van der Waals surface area contributed by atoms with E-state index in [-0.39, 0.29) is 0 Å². The molecule has 0 aliphatic heterocycles. The molecule has 0 heterocycles. The van der Waals surface area contributed by atoms with Gasteiger partial charge in [-0.1, -0.05) is 69.0 Å². The van der Waals surface area contributed by atoms with E-state index in [1.807, 2.05) is 13.0 Å². The SMILES string of the molecule is C=C/C(=C\C(=C(/C)N)C(C)/C=C\CC)C1=CCC=CC=C1. The molecule has 0 aromatic rings. The van der Waals surface area contributed by atoms with Crippen molar-refractivity contribution in [3.8, 4) is 0 Å². The summed E-state index contributed by atoms with van der Waals surface area (Å²) in [5, 5.41) is 0. The van der Waals surface area contributed by atoms with E-state index in [4.69, 9.17) is 5.73 Å². The van der Waals surface area contributed by atoms with E-state index in [1.165, 1.54) is 5.57 Å². The van der Waals surface area contributed by atoms with Crippen molar-refractivity contribution >= 4 is 0 Å². The molecule has 0 radical (unpaired) electrons. The molecule has 0 spiro atoms. The summed E-state index contributed by atoms with van der Waals surface area (Å²) in [6.07, 6.45) is 21.0. The van der Waals surface area contributed by atoms with E-state index in [0.29, 0.717) is 5.92 Å². The first-order chi connectivity index (χ1) is 10.1. The number of hydrogen-bond donors (Lipinski definition) is 1. The van der Waals surface area contributed by atoms with Crippen LogP contribution in [-0.2, 0) is 0 Å². The molecule has 21 heavy (non-hydrogen) atoms. The fraction of sp³-hybridized carbons (Fsp3) is 0.300. The highest BCUT2D eigenvalue weighted by Gasteiger charge is 2.08. The third kappa shape index (κ3) is 5.47. The zero-order valence-corrected chi connectivity index (χ0v) is 13.5. The molecular formula is C20H27N. The lowest BCUT2D eigenvalue weighted by molar-refractivity contribution is 0.861. The molecule has 1 nitrogen and oxygen atoms in total. The molecule has 1 aliphatic carbocycles. The van der Waals surface area contributed by atoms with Gasteiger partial charge in [-0.3, -0.25) is 0 Å². The average Bonchev–Trinajstić information content (AvgIpc) is 2.74. The van der Waals surface area contributed by atoms with Crippen molar-refractivity contribution in [2.45, 2.75) is 33.6 Å². The number of allylic oxidation sites excluding steroid dienone is 13. The van der Waals surface area contributed by atoms with Gasteiger partial charge in [-0.05, 0) is 42.6 Å². The Kier molecular flexibility index (Phi) is 7.31. The van der Waals surface area contributed by atoms with Gasteiger partial charge < -0.3 is 5.73 Å². The first kappa shape index (κ1) is 17.0. The molecule has 2 N–H and O–H groups in total. The predicted octanol–water partition coefficient (Wildman–Crippen LogP) is 5.38. The maximum absolute atomic E-state index is 6.09. The van der Waals surface area contributed by atoms with Gasteiger partial charge >= 0.3 is 0 Å². The standard InChI is InChI=1S/C20H27N/c1-5-7-12-16(3)20(17(4)21)15-18(6-2)19-13-10-8-9-11-14-19/h6-10,12-16H,2,5,11,21H2,1,3-4H3/b12-7-,18-15+,20-17-. The summed E-state index contributed by atoms with van der Waals surface area (Å²) in [4.78, 5) is 0. The lowest BCUT2D eigenvalue weighted by atomic mass is 9.93. The van der Waals surface area contributed by atoms with Gasteiger partial charge in [0.15, 0.2) is 0 Å². The Morgan fingerprint density at radius 2 is 2.19 bits per heavy atom. The maximum atomic E-state index is 6.09. The molecule has 1 atom stereocenters. The zero-order valence-electron chi connectivity index (χ0n) is 13.5. The van der Waals surface area contributed by atoms with Gasteiger partial charge in [0.1, 0.15) is 0 Å². The van der Waals surface area contributed by atoms with E-state index in [2.05, 4.69) is 69.0 Å². The van der Waals surface area contributed by atoms with Crippen LogP contribution in [0.3, 0.4) is 0 Å². The molecule has 0 fully saturated rings. The number of nitrogens with two attached hydrogens (primary N) is 1. The van der Waals surface area contributed by atoms with Crippen LogP contribution in [0, 0.1) is 5.92 Å². The highest BCUT2D eigenvalue weighted by Crippen LogP contribution is 2.23. The molecule has 1 unspecified atom stereocenters. The minimum absolute atomic E-state index is 0.304. The van der Waals surface area contributed by atoms with Crippen molar-refractivity contribution in [3.05, 3.63) is 83.7 Å². The van der Waals surface area contributed by atoms with Crippen LogP contribution in [0.2, 0.25) is 0 Å². The molecular weight excluding hydrogens is 254 g/mol. The Bertz CT molecular complexity index is 532. The van der Waals surface area contributed by atoms with Crippen LogP contribution in [0.5, 0.6) is 0 Å². The van der Waals surface area contributed by atoms with Crippen molar-refractivity contribution in [1.29, 1.82) is 0 Å². The summed E-state index contributed by atoms with van der Waals surface area (Å²) in [5.74, 6) is 0.304. The third-order valence-corrected chi connectivity index (χ3v) is 3.47. The first-order valence-corrected chi connectivity index (χ1v) is 7.60. The highest BCUT2D eigenvalue weighted by molar-refractivity contribution is 5.51. The van der Waals surface area contributed by atoms with E-state index in [9.17, 15) is 0 Å². The van der Waals surface area contributed by atoms with Crippen molar-refractivity contribution in [2.24, 2.45) is 11.7 Å². The summed E-state index contributed by atoms with van der Waals surface area (Å²) in [6.45, 7) is 10.2. The maximum Gasteiger partial charge on any atom is 0.00875 e. The number of rotatable bonds is 6. The average molecular weight is 281 g/mol. The molecule has 0 aromatic heterocycles. The van der Waals surface area contributed by atoms with Crippen molar-refractivity contribution < 1.29 is 0 Å². The molecule has 0 saturated carbocycles. The molecule has 1 rings (SSSR count). The topological polar surface area (TPSA) is 26.0 Å². The molecule has 0 aromatic carbocycles. The second-order valence-corrected chi connectivity index (χ2v) is 5.25. The minimum Gasteiger partial charge on any atom is -0.402 e. The molecule has 0 amide bonds. The molecule has 112 valence electrons. The van der Waals surface area contributed by atoms with Crippen LogP contribution in [0.25, 0.3) is 0 Å². The lowest BCUT2D eigenvalue weighted by Crippen LogP contribution is -2.04. The smallest absolute Gasteiger partial charge is 0.00875 e. The van der Waals surface area contributed by atoms with Crippen LogP contribution in [0.15, 0.2) is 83.7 Å². The molecule has 1 aliphatic rings. The fourth-order valence-corrected chi connectivity index (χ4v) is 2.27. The Balaban J connectivity index is 3.14. The predicted molar refractivity (Wildman–Crippen MR) is 94.7 cm³/mol. The van der Waals surface area contributed by atoms with Gasteiger partial charge in [0.05, 0.1) is 0 Å². The second kappa shape index (κ2) is 9.02. The van der Waals surface area contributed by atoms with E-state index < -0.39 is 0 Å². The Morgan fingerprint density at radius 3 is 2.81 bits per heavy atom.